The van der Waals surface area contributed by atoms with Gasteiger partial charge < -0.3 is 48.3 Å². The molecule has 12 nitrogen and oxygen atoms in total. The van der Waals surface area contributed by atoms with Crippen LogP contribution in [-0.4, -0.2) is 67.5 Å². The van der Waals surface area contributed by atoms with Crippen molar-refractivity contribution >= 4 is 39.4 Å². The first-order chi connectivity index (χ1) is 20.2. The minimum Gasteiger partial charge on any atom is -0.506 e. The normalized spacial score (nSPS) is 22.5. The van der Waals surface area contributed by atoms with Crippen molar-refractivity contribution in [3.8, 4) is 34.1 Å². The number of fused-ring (bicyclic) bond motifs is 6. The third kappa shape index (κ3) is 3.21. The van der Waals surface area contributed by atoms with Crippen molar-refractivity contribution < 1.29 is 48.2 Å². The van der Waals surface area contributed by atoms with E-state index in [1.54, 1.807) is 0 Å². The lowest BCUT2D eigenvalue weighted by Gasteiger charge is -2.41. The number of carbonyl (C=O) groups excluding carboxylic acids is 1. The van der Waals surface area contributed by atoms with E-state index in [4.69, 9.17) is 39.7 Å². The van der Waals surface area contributed by atoms with Crippen LogP contribution in [0.2, 0.25) is 5.02 Å². The van der Waals surface area contributed by atoms with E-state index in [9.17, 15) is 24.9 Å². The van der Waals surface area contributed by atoms with Crippen molar-refractivity contribution in [2.75, 3.05) is 35.2 Å². The molecule has 3 aromatic carbocycles. The average Bonchev–Trinajstić information content (AvgIpc) is 2.98. The van der Waals surface area contributed by atoms with Crippen LogP contribution in [0.5, 0.6) is 23.0 Å². The molecule has 4 atom stereocenters. The quantitative estimate of drug-likeness (QED) is 0.294. The molecule has 218 valence electrons. The number of carbonyl (C=O) groups is 1. The third-order valence-corrected chi connectivity index (χ3v) is 8.59. The maximum atomic E-state index is 13.9. The summed E-state index contributed by atoms with van der Waals surface area (Å²) in [5, 5.41) is 34.7. The Morgan fingerprint density at radius 2 is 1.76 bits per heavy atom. The summed E-state index contributed by atoms with van der Waals surface area (Å²) in [7, 11) is 5.61. The number of aliphatic hydroxyl groups is 1. The Balaban J connectivity index is 1.65. The number of nitrogens with zero attached hydrogens (tertiary/aromatic N) is 1. The Kier molecular flexibility index (Phi) is 5.88. The molecule has 4 aromatic rings. The molecule has 0 bridgehead atoms. The average molecular weight is 598 g/mol. The SMILES string of the molecule is COc1c(Cl)ccc2c(=O)c3c(O)c4c5c(c3oc12)OCO[C@H]5C(OC)c1cc2c(c(O)c1-4)C(=O)N(C)[C@H](OC)[C@@H]2O. The number of benzene rings is 3. The van der Waals surface area contributed by atoms with Crippen molar-refractivity contribution in [3.63, 3.8) is 0 Å². The van der Waals surface area contributed by atoms with Gasteiger partial charge in [-0.25, -0.2) is 0 Å². The lowest BCUT2D eigenvalue weighted by atomic mass is 9.76. The molecule has 2 aliphatic heterocycles. The van der Waals surface area contributed by atoms with Gasteiger partial charge in [-0.1, -0.05) is 11.6 Å². The summed E-state index contributed by atoms with van der Waals surface area (Å²) in [5.41, 5.74) is -0.0907. The summed E-state index contributed by atoms with van der Waals surface area (Å²) in [4.78, 5) is 28.5. The van der Waals surface area contributed by atoms with E-state index in [0.717, 1.165) is 0 Å². The largest absolute Gasteiger partial charge is 0.506 e. The summed E-state index contributed by atoms with van der Waals surface area (Å²) in [5.74, 6) is -1.45. The molecule has 1 aliphatic carbocycles. The van der Waals surface area contributed by atoms with Gasteiger partial charge in [0.05, 0.1) is 23.1 Å². The number of hydrogen-bond acceptors (Lipinski definition) is 11. The highest BCUT2D eigenvalue weighted by Crippen LogP contribution is 2.61. The van der Waals surface area contributed by atoms with E-state index in [0.29, 0.717) is 5.56 Å². The van der Waals surface area contributed by atoms with Crippen LogP contribution in [0.4, 0.5) is 0 Å². The summed E-state index contributed by atoms with van der Waals surface area (Å²) in [6, 6.07) is 4.46. The van der Waals surface area contributed by atoms with E-state index < -0.39 is 47.4 Å². The second-order valence-corrected chi connectivity index (χ2v) is 10.6. The van der Waals surface area contributed by atoms with E-state index in [1.165, 1.54) is 51.5 Å². The standard InChI is InChI=1S/C29H24ClNO11/c1-31-28(36)14-10(19(33)29(31)39-4)7-11-13(20(14)34)15-16-25(22(11)37-2)40-8-41-26(16)27-17(21(15)35)18(32)9-5-6-12(30)24(38-3)23(9)42-27/h5-7,19,22,25,29,33-35H,8H2,1-4H3/t19-,22?,25-,29-/m1/s1. The molecular formula is C29H24ClNO11. The minimum atomic E-state index is -1.31. The van der Waals surface area contributed by atoms with Crippen LogP contribution in [0.1, 0.15) is 45.4 Å². The van der Waals surface area contributed by atoms with Crippen molar-refractivity contribution in [1.29, 1.82) is 0 Å². The zero-order chi connectivity index (χ0) is 29.8. The molecule has 13 heteroatoms. The topological polar surface area (TPSA) is 157 Å². The van der Waals surface area contributed by atoms with Gasteiger partial charge in [0.1, 0.15) is 35.2 Å². The second kappa shape index (κ2) is 9.21. The van der Waals surface area contributed by atoms with Gasteiger partial charge in [0.25, 0.3) is 5.91 Å². The Morgan fingerprint density at radius 1 is 1.00 bits per heavy atom. The van der Waals surface area contributed by atoms with Crippen molar-refractivity contribution in [1.82, 2.24) is 4.90 Å². The molecule has 42 heavy (non-hydrogen) atoms. The molecular weight excluding hydrogens is 574 g/mol. The first kappa shape index (κ1) is 26.8. The molecule has 0 saturated heterocycles. The maximum absolute atomic E-state index is 13.9. The zero-order valence-corrected chi connectivity index (χ0v) is 23.4. The molecule has 0 fully saturated rings. The zero-order valence-electron chi connectivity index (χ0n) is 22.7. The molecule has 3 aliphatic rings. The first-order valence-corrected chi connectivity index (χ1v) is 13.2. The number of hydrogen-bond donors (Lipinski definition) is 3. The van der Waals surface area contributed by atoms with Gasteiger partial charge in [-0.15, -0.1) is 0 Å². The van der Waals surface area contributed by atoms with E-state index in [2.05, 4.69) is 0 Å². The summed E-state index contributed by atoms with van der Waals surface area (Å²) in [6.45, 7) is -0.255. The van der Waals surface area contributed by atoms with E-state index in [1.807, 2.05) is 0 Å². The number of phenolic OH excluding ortho intramolecular Hbond substituents is 2. The molecule has 7 rings (SSSR count). The second-order valence-electron chi connectivity index (χ2n) is 10.2. The highest BCUT2D eigenvalue weighted by molar-refractivity contribution is 6.33. The minimum absolute atomic E-state index is 0.0113. The molecule has 1 amide bonds. The van der Waals surface area contributed by atoms with Crippen molar-refractivity contribution in [3.05, 3.63) is 55.7 Å². The Labute approximate surface area is 242 Å². The number of ether oxygens (including phenoxy) is 5. The fourth-order valence-electron chi connectivity index (χ4n) is 6.43. The van der Waals surface area contributed by atoms with E-state index >= 15 is 0 Å². The number of aliphatic hydroxyl groups excluding tert-OH is 1. The van der Waals surface area contributed by atoms with Gasteiger partial charge in [0.15, 0.2) is 35.7 Å². The predicted molar refractivity (Wildman–Crippen MR) is 147 cm³/mol. The van der Waals surface area contributed by atoms with Gasteiger partial charge >= 0.3 is 0 Å². The Morgan fingerprint density at radius 3 is 2.45 bits per heavy atom. The smallest absolute Gasteiger partial charge is 0.259 e. The fourth-order valence-corrected chi connectivity index (χ4v) is 6.66. The van der Waals surface area contributed by atoms with Gasteiger partial charge in [0.2, 0.25) is 5.43 Å². The van der Waals surface area contributed by atoms with Gasteiger partial charge in [0, 0.05) is 43.5 Å². The number of phenols is 2. The molecule has 0 spiro atoms. The monoisotopic (exact) mass is 597 g/mol. The van der Waals surface area contributed by atoms with Gasteiger partial charge in [-0.2, -0.15) is 0 Å². The summed E-state index contributed by atoms with van der Waals surface area (Å²) >= 11 is 6.29. The Bertz CT molecular complexity index is 1920. The van der Waals surface area contributed by atoms with Crippen LogP contribution in [-0.2, 0) is 14.2 Å². The molecule has 0 radical (unpaired) electrons. The number of aromatic hydroxyl groups is 2. The van der Waals surface area contributed by atoms with Crippen LogP contribution in [0.15, 0.2) is 27.4 Å². The molecule has 1 unspecified atom stereocenters. The fraction of sp³-hybridized carbons (Fsp3) is 0.310. The number of likely N-dealkylation sites (N-methyl/N-ethyl adjacent to an activating group) is 1. The highest BCUT2D eigenvalue weighted by Gasteiger charge is 2.48. The maximum Gasteiger partial charge on any atom is 0.259 e. The number of halogens is 1. The van der Waals surface area contributed by atoms with Crippen LogP contribution in [0.3, 0.4) is 0 Å². The number of rotatable bonds is 3. The third-order valence-electron chi connectivity index (χ3n) is 8.29. The molecule has 3 heterocycles. The van der Waals surface area contributed by atoms with Gasteiger partial charge in [-0.3, -0.25) is 9.59 Å². The van der Waals surface area contributed by atoms with Crippen LogP contribution in [0, 0.1) is 0 Å². The summed E-state index contributed by atoms with van der Waals surface area (Å²) in [6.07, 6.45) is -4.10. The number of methoxy groups -OCH3 is 3. The van der Waals surface area contributed by atoms with Crippen LogP contribution in [0.25, 0.3) is 33.1 Å². The lowest BCUT2D eigenvalue weighted by molar-refractivity contribution is -0.121. The highest BCUT2D eigenvalue weighted by atomic mass is 35.5. The first-order valence-electron chi connectivity index (χ1n) is 12.8. The Hall–Kier alpha value is -4.07. The molecule has 0 saturated carbocycles. The predicted octanol–water partition coefficient (Wildman–Crippen LogP) is 3.89. The van der Waals surface area contributed by atoms with Crippen LogP contribution < -0.4 is 14.9 Å². The molecule has 3 N–H and O–H groups in total. The van der Waals surface area contributed by atoms with Gasteiger partial charge in [-0.05, 0) is 23.8 Å². The van der Waals surface area contributed by atoms with Crippen molar-refractivity contribution in [2.45, 2.75) is 24.5 Å². The summed E-state index contributed by atoms with van der Waals surface area (Å²) < 4.78 is 34.6. The lowest BCUT2D eigenvalue weighted by Crippen LogP contribution is -2.47. The number of amides is 1. The van der Waals surface area contributed by atoms with E-state index in [-0.39, 0.29) is 73.1 Å². The molecule has 1 aromatic heterocycles. The van der Waals surface area contributed by atoms with Crippen molar-refractivity contribution in [2.24, 2.45) is 0 Å². The van der Waals surface area contributed by atoms with Crippen LogP contribution >= 0.6 is 11.6 Å².